The van der Waals surface area contributed by atoms with E-state index in [4.69, 9.17) is 4.74 Å². The molecule has 0 saturated heterocycles. The molecular weight excluding hydrogens is 218 g/mol. The molecule has 0 fully saturated rings. The topological polar surface area (TPSA) is 21.3 Å². The number of nitrogens with one attached hydrogen (secondary N) is 1. The Morgan fingerprint density at radius 3 is 3.25 bits per heavy atom. The van der Waals surface area contributed by atoms with Crippen LogP contribution in [0.25, 0.3) is 0 Å². The highest BCUT2D eigenvalue weighted by Crippen LogP contribution is 2.24. The van der Waals surface area contributed by atoms with Crippen LogP contribution < -0.4 is 10.1 Å². The second-order valence-corrected chi connectivity index (χ2v) is 3.69. The quantitative estimate of drug-likeness (QED) is 0.732. The second-order valence-electron chi connectivity index (χ2n) is 2.78. The van der Waals surface area contributed by atoms with Crippen molar-refractivity contribution in [3.8, 4) is 5.75 Å². The van der Waals surface area contributed by atoms with Gasteiger partial charge >= 0.3 is 0 Å². The van der Waals surface area contributed by atoms with E-state index in [0.29, 0.717) is 0 Å². The fourth-order valence-electron chi connectivity index (χ4n) is 1.27. The minimum absolute atomic E-state index is 0.753. The first-order valence-electron chi connectivity index (χ1n) is 3.98. The Hall–Kier alpha value is -0.540. The molecule has 0 atom stereocenters. The third-order valence-corrected chi connectivity index (χ3v) is 2.37. The minimum Gasteiger partial charge on any atom is -0.492 e. The Labute approximate surface area is 80.1 Å². The fourth-order valence-corrected chi connectivity index (χ4v) is 1.61. The van der Waals surface area contributed by atoms with E-state index in [1.807, 2.05) is 12.1 Å². The third kappa shape index (κ3) is 1.62. The van der Waals surface area contributed by atoms with E-state index in [9.17, 15) is 0 Å². The summed E-state index contributed by atoms with van der Waals surface area (Å²) in [4.78, 5) is 0. The van der Waals surface area contributed by atoms with Crippen molar-refractivity contribution in [3.63, 3.8) is 0 Å². The smallest absolute Gasteiger partial charge is 0.124 e. The minimum atomic E-state index is 0.753. The number of benzene rings is 1. The molecule has 0 spiro atoms. The molecule has 2 rings (SSSR count). The van der Waals surface area contributed by atoms with Gasteiger partial charge in [0, 0.05) is 23.1 Å². The largest absolute Gasteiger partial charge is 0.492 e. The van der Waals surface area contributed by atoms with Crippen LogP contribution in [0.1, 0.15) is 5.56 Å². The van der Waals surface area contributed by atoms with Crippen LogP contribution in [-0.2, 0) is 6.54 Å². The van der Waals surface area contributed by atoms with Crippen molar-refractivity contribution in [2.75, 3.05) is 13.2 Å². The summed E-state index contributed by atoms with van der Waals surface area (Å²) in [6, 6.07) is 6.13. The van der Waals surface area contributed by atoms with Gasteiger partial charge in [-0.25, -0.2) is 0 Å². The third-order valence-electron chi connectivity index (χ3n) is 1.88. The van der Waals surface area contributed by atoms with Gasteiger partial charge in [-0.2, -0.15) is 0 Å². The number of fused-ring (bicyclic) bond motifs is 1. The molecule has 64 valence electrons. The van der Waals surface area contributed by atoms with Crippen LogP contribution in [0.5, 0.6) is 5.75 Å². The van der Waals surface area contributed by atoms with Gasteiger partial charge in [0.1, 0.15) is 12.4 Å². The molecule has 1 N–H and O–H groups in total. The van der Waals surface area contributed by atoms with E-state index >= 15 is 0 Å². The van der Waals surface area contributed by atoms with Crippen LogP contribution in [-0.4, -0.2) is 13.2 Å². The Morgan fingerprint density at radius 1 is 1.42 bits per heavy atom. The first kappa shape index (κ1) is 8.08. The van der Waals surface area contributed by atoms with Gasteiger partial charge in [0.05, 0.1) is 0 Å². The van der Waals surface area contributed by atoms with Crippen molar-refractivity contribution in [2.24, 2.45) is 0 Å². The van der Waals surface area contributed by atoms with Crippen molar-refractivity contribution in [2.45, 2.75) is 6.54 Å². The molecule has 12 heavy (non-hydrogen) atoms. The van der Waals surface area contributed by atoms with Gasteiger partial charge in [0.25, 0.3) is 0 Å². The lowest BCUT2D eigenvalue weighted by Crippen LogP contribution is -2.16. The lowest BCUT2D eigenvalue weighted by molar-refractivity contribution is 0.325. The number of hydrogen-bond donors (Lipinski definition) is 1. The molecule has 1 aromatic rings. The summed E-state index contributed by atoms with van der Waals surface area (Å²) in [6.07, 6.45) is 0. The molecule has 0 saturated carbocycles. The normalized spacial score (nSPS) is 16.1. The highest BCUT2D eigenvalue weighted by Gasteiger charge is 2.07. The Balaban J connectivity index is 2.36. The zero-order valence-corrected chi connectivity index (χ0v) is 8.23. The monoisotopic (exact) mass is 227 g/mol. The van der Waals surface area contributed by atoms with Gasteiger partial charge < -0.3 is 10.1 Å². The zero-order valence-electron chi connectivity index (χ0n) is 6.64. The Bertz CT molecular complexity index is 288. The van der Waals surface area contributed by atoms with Crippen molar-refractivity contribution < 1.29 is 4.74 Å². The van der Waals surface area contributed by atoms with Crippen molar-refractivity contribution in [3.05, 3.63) is 28.2 Å². The predicted molar refractivity (Wildman–Crippen MR) is 51.3 cm³/mol. The van der Waals surface area contributed by atoms with E-state index in [1.54, 1.807) is 0 Å². The average Bonchev–Trinajstić information content (AvgIpc) is 2.28. The van der Waals surface area contributed by atoms with Gasteiger partial charge in [-0.3, -0.25) is 0 Å². The molecule has 0 bridgehead atoms. The second kappa shape index (κ2) is 3.46. The molecule has 1 aliphatic rings. The maximum absolute atomic E-state index is 5.54. The van der Waals surface area contributed by atoms with Crippen LogP contribution in [0.4, 0.5) is 0 Å². The van der Waals surface area contributed by atoms with Gasteiger partial charge in [-0.05, 0) is 12.1 Å². The highest BCUT2D eigenvalue weighted by atomic mass is 79.9. The lowest BCUT2D eigenvalue weighted by atomic mass is 10.2. The van der Waals surface area contributed by atoms with Gasteiger partial charge in [-0.15, -0.1) is 0 Å². The Kier molecular flexibility index (Phi) is 2.33. The molecule has 3 heteroatoms. The Morgan fingerprint density at radius 2 is 2.33 bits per heavy atom. The van der Waals surface area contributed by atoms with Crippen molar-refractivity contribution in [1.29, 1.82) is 0 Å². The highest BCUT2D eigenvalue weighted by molar-refractivity contribution is 9.10. The van der Waals surface area contributed by atoms with Crippen LogP contribution in [0.2, 0.25) is 0 Å². The van der Waals surface area contributed by atoms with Crippen LogP contribution in [0, 0.1) is 0 Å². The van der Waals surface area contributed by atoms with Crippen LogP contribution in [0.3, 0.4) is 0 Å². The number of rotatable bonds is 0. The van der Waals surface area contributed by atoms with E-state index < -0.39 is 0 Å². The van der Waals surface area contributed by atoms with Gasteiger partial charge in [-0.1, -0.05) is 22.0 Å². The molecule has 1 aliphatic heterocycles. The maximum atomic E-state index is 5.54. The number of ether oxygens (including phenoxy) is 1. The molecule has 1 aromatic carbocycles. The molecule has 0 radical (unpaired) electrons. The molecule has 0 unspecified atom stereocenters. The lowest BCUT2D eigenvalue weighted by Gasteiger charge is -2.05. The first-order chi connectivity index (χ1) is 5.86. The first-order valence-corrected chi connectivity index (χ1v) is 4.77. The summed E-state index contributed by atoms with van der Waals surface area (Å²) in [6.45, 7) is 2.58. The fraction of sp³-hybridized carbons (Fsp3) is 0.333. The summed E-state index contributed by atoms with van der Waals surface area (Å²) < 4.78 is 6.61. The van der Waals surface area contributed by atoms with E-state index in [0.717, 1.165) is 29.9 Å². The standard InChI is InChI=1S/C9H10BrNO/c10-8-2-1-7-6-11-3-4-12-9(7)5-8/h1-2,5,11H,3-4,6H2. The average molecular weight is 228 g/mol. The summed E-state index contributed by atoms with van der Waals surface area (Å²) >= 11 is 3.42. The van der Waals surface area contributed by atoms with E-state index in [2.05, 4.69) is 27.3 Å². The van der Waals surface area contributed by atoms with E-state index in [-0.39, 0.29) is 0 Å². The predicted octanol–water partition coefficient (Wildman–Crippen LogP) is 1.93. The summed E-state index contributed by atoms with van der Waals surface area (Å²) in [5.74, 6) is 0.995. The SMILES string of the molecule is Brc1ccc2c(c1)OCCNC2. The summed E-state index contributed by atoms with van der Waals surface area (Å²) in [5.41, 5.74) is 1.23. The number of halogens is 1. The molecular formula is C9H10BrNO. The maximum Gasteiger partial charge on any atom is 0.124 e. The summed E-state index contributed by atoms with van der Waals surface area (Å²) in [5, 5.41) is 3.28. The van der Waals surface area contributed by atoms with Crippen molar-refractivity contribution in [1.82, 2.24) is 5.32 Å². The molecule has 2 nitrogen and oxygen atoms in total. The molecule has 0 aromatic heterocycles. The molecule has 1 heterocycles. The molecule has 0 amide bonds. The van der Waals surface area contributed by atoms with Crippen LogP contribution in [0.15, 0.2) is 22.7 Å². The number of hydrogen-bond acceptors (Lipinski definition) is 2. The van der Waals surface area contributed by atoms with Crippen molar-refractivity contribution >= 4 is 15.9 Å². The molecule has 0 aliphatic carbocycles. The van der Waals surface area contributed by atoms with Crippen LogP contribution >= 0.6 is 15.9 Å². The van der Waals surface area contributed by atoms with E-state index in [1.165, 1.54) is 5.56 Å². The zero-order chi connectivity index (χ0) is 8.39. The van der Waals surface area contributed by atoms with Gasteiger partial charge in [0.2, 0.25) is 0 Å². The van der Waals surface area contributed by atoms with Gasteiger partial charge in [0.15, 0.2) is 0 Å². The summed E-state index contributed by atoms with van der Waals surface area (Å²) in [7, 11) is 0.